The van der Waals surface area contributed by atoms with Gasteiger partial charge in [0.2, 0.25) is 0 Å². The smallest absolute Gasteiger partial charge is 0.270 e. The second-order valence-corrected chi connectivity index (χ2v) is 10.2. The Balaban J connectivity index is 1.45. The fourth-order valence-electron chi connectivity index (χ4n) is 3.82. The van der Waals surface area contributed by atoms with Crippen LogP contribution in [0.1, 0.15) is 22.3 Å². The molecular formula is C28H26N2O4S2. The number of hydrogen-bond acceptors (Lipinski definition) is 6. The van der Waals surface area contributed by atoms with Gasteiger partial charge in [-0.1, -0.05) is 53.8 Å². The van der Waals surface area contributed by atoms with Crippen molar-refractivity contribution in [1.29, 1.82) is 0 Å². The third-order valence-corrected chi connectivity index (χ3v) is 6.74. The van der Waals surface area contributed by atoms with Crippen molar-refractivity contribution < 1.29 is 19.1 Å². The van der Waals surface area contributed by atoms with E-state index in [9.17, 15) is 9.59 Å². The van der Waals surface area contributed by atoms with Crippen LogP contribution in [-0.4, -0.2) is 29.9 Å². The molecule has 0 atom stereocenters. The Morgan fingerprint density at radius 2 is 1.67 bits per heavy atom. The van der Waals surface area contributed by atoms with Crippen LogP contribution < -0.4 is 19.7 Å². The molecule has 4 rings (SSSR count). The molecule has 1 aliphatic rings. The van der Waals surface area contributed by atoms with Gasteiger partial charge in [0.15, 0.2) is 22.4 Å². The van der Waals surface area contributed by atoms with Gasteiger partial charge in [-0.15, -0.1) is 0 Å². The third kappa shape index (κ3) is 5.95. The lowest BCUT2D eigenvalue weighted by Crippen LogP contribution is -2.27. The number of carbonyl (C=O) groups is 2. The molecule has 0 spiro atoms. The average Bonchev–Trinajstić information content (AvgIpc) is 3.10. The molecule has 1 N–H and O–H groups in total. The van der Waals surface area contributed by atoms with Crippen LogP contribution in [0.2, 0.25) is 0 Å². The first-order valence-corrected chi connectivity index (χ1v) is 12.5. The third-order valence-electron chi connectivity index (χ3n) is 5.44. The first-order valence-electron chi connectivity index (χ1n) is 11.3. The predicted octanol–water partition coefficient (Wildman–Crippen LogP) is 6.04. The van der Waals surface area contributed by atoms with Gasteiger partial charge in [-0.2, -0.15) is 0 Å². The SMILES string of the molecule is COc1cc(/C=C2\SC(=S)N(c3ccc(C)cc3)C2=O)ccc1OCC(=O)Nc1cc(C)cc(C)c1. The quantitative estimate of drug-likeness (QED) is 0.304. The maximum atomic E-state index is 13.0. The van der Waals surface area contributed by atoms with Crippen molar-refractivity contribution in [2.45, 2.75) is 20.8 Å². The molecule has 3 aromatic carbocycles. The van der Waals surface area contributed by atoms with Crippen molar-refractivity contribution in [2.75, 3.05) is 23.9 Å². The number of thiocarbonyl (C=S) groups is 1. The summed E-state index contributed by atoms with van der Waals surface area (Å²) in [7, 11) is 1.53. The van der Waals surface area contributed by atoms with E-state index in [-0.39, 0.29) is 18.4 Å². The fourth-order valence-corrected chi connectivity index (χ4v) is 5.11. The second kappa shape index (κ2) is 11.0. The molecule has 3 aromatic rings. The molecule has 1 aliphatic heterocycles. The zero-order valence-electron chi connectivity index (χ0n) is 20.5. The van der Waals surface area contributed by atoms with E-state index < -0.39 is 0 Å². The molecule has 8 heteroatoms. The summed E-state index contributed by atoms with van der Waals surface area (Å²) in [5.41, 5.74) is 5.47. The first kappa shape index (κ1) is 25.5. The van der Waals surface area contributed by atoms with E-state index in [1.165, 1.54) is 23.8 Å². The average molecular weight is 519 g/mol. The van der Waals surface area contributed by atoms with Crippen molar-refractivity contribution >= 4 is 57.6 Å². The van der Waals surface area contributed by atoms with Crippen LogP contribution in [0.4, 0.5) is 11.4 Å². The summed E-state index contributed by atoms with van der Waals surface area (Å²) in [6.07, 6.45) is 1.77. The van der Waals surface area contributed by atoms with Gasteiger partial charge in [0.05, 0.1) is 17.7 Å². The highest BCUT2D eigenvalue weighted by molar-refractivity contribution is 8.27. The monoisotopic (exact) mass is 518 g/mol. The normalized spacial score (nSPS) is 14.3. The van der Waals surface area contributed by atoms with Gasteiger partial charge in [0, 0.05) is 5.69 Å². The Labute approximate surface area is 220 Å². The minimum Gasteiger partial charge on any atom is -0.493 e. The van der Waals surface area contributed by atoms with E-state index in [0.717, 1.165) is 33.6 Å². The van der Waals surface area contributed by atoms with E-state index in [1.807, 2.05) is 63.2 Å². The Morgan fingerprint density at radius 3 is 2.33 bits per heavy atom. The van der Waals surface area contributed by atoms with Crippen LogP contribution in [-0.2, 0) is 9.59 Å². The Kier molecular flexibility index (Phi) is 7.76. The maximum absolute atomic E-state index is 13.0. The molecule has 0 radical (unpaired) electrons. The molecule has 2 amide bonds. The van der Waals surface area contributed by atoms with E-state index in [1.54, 1.807) is 24.3 Å². The molecule has 0 saturated carbocycles. The molecule has 1 fully saturated rings. The number of nitrogens with zero attached hydrogens (tertiary/aromatic N) is 1. The molecule has 0 bridgehead atoms. The largest absolute Gasteiger partial charge is 0.493 e. The zero-order valence-corrected chi connectivity index (χ0v) is 22.1. The van der Waals surface area contributed by atoms with Gasteiger partial charge in [-0.25, -0.2) is 0 Å². The van der Waals surface area contributed by atoms with Gasteiger partial charge in [-0.3, -0.25) is 14.5 Å². The van der Waals surface area contributed by atoms with Crippen molar-refractivity contribution in [1.82, 2.24) is 0 Å². The van der Waals surface area contributed by atoms with Crippen LogP contribution in [0.15, 0.2) is 65.6 Å². The predicted molar refractivity (Wildman–Crippen MR) is 150 cm³/mol. The van der Waals surface area contributed by atoms with Gasteiger partial charge in [0.1, 0.15) is 0 Å². The zero-order chi connectivity index (χ0) is 25.8. The summed E-state index contributed by atoms with van der Waals surface area (Å²) < 4.78 is 11.7. The molecular weight excluding hydrogens is 492 g/mol. The summed E-state index contributed by atoms with van der Waals surface area (Å²) in [6, 6.07) is 18.8. The van der Waals surface area contributed by atoms with E-state index in [0.29, 0.717) is 20.7 Å². The van der Waals surface area contributed by atoms with E-state index in [4.69, 9.17) is 21.7 Å². The lowest BCUT2D eigenvalue weighted by Gasteiger charge is -2.14. The second-order valence-electron chi connectivity index (χ2n) is 8.48. The number of amides is 2. The summed E-state index contributed by atoms with van der Waals surface area (Å²) in [5, 5.41) is 2.85. The Hall–Kier alpha value is -3.62. The number of thioether (sulfide) groups is 1. The summed E-state index contributed by atoms with van der Waals surface area (Å²) in [4.78, 5) is 27.5. The summed E-state index contributed by atoms with van der Waals surface area (Å²) >= 11 is 6.71. The minimum atomic E-state index is -0.272. The minimum absolute atomic E-state index is 0.169. The van der Waals surface area contributed by atoms with Gasteiger partial charge >= 0.3 is 0 Å². The van der Waals surface area contributed by atoms with Gasteiger partial charge in [-0.05, 0) is 79.9 Å². The topological polar surface area (TPSA) is 67.9 Å². The van der Waals surface area contributed by atoms with Gasteiger partial charge in [0.25, 0.3) is 11.8 Å². The molecule has 36 heavy (non-hydrogen) atoms. The first-order chi connectivity index (χ1) is 17.2. The number of hydrogen-bond donors (Lipinski definition) is 1. The van der Waals surface area contributed by atoms with Crippen molar-refractivity contribution in [3.05, 3.63) is 87.8 Å². The number of carbonyl (C=O) groups excluding carboxylic acids is 2. The van der Waals surface area contributed by atoms with Crippen molar-refractivity contribution in [3.63, 3.8) is 0 Å². The Morgan fingerprint density at radius 1 is 0.972 bits per heavy atom. The number of nitrogens with one attached hydrogen (secondary N) is 1. The van der Waals surface area contributed by atoms with E-state index in [2.05, 4.69) is 5.32 Å². The van der Waals surface area contributed by atoms with Crippen molar-refractivity contribution in [2.24, 2.45) is 0 Å². The number of rotatable bonds is 7. The van der Waals surface area contributed by atoms with Crippen LogP contribution >= 0.6 is 24.0 Å². The molecule has 0 unspecified atom stereocenters. The highest BCUT2D eigenvalue weighted by atomic mass is 32.2. The number of methoxy groups -OCH3 is 1. The van der Waals surface area contributed by atoms with Crippen LogP contribution in [0.3, 0.4) is 0 Å². The van der Waals surface area contributed by atoms with Gasteiger partial charge < -0.3 is 14.8 Å². The highest BCUT2D eigenvalue weighted by Crippen LogP contribution is 2.37. The molecule has 6 nitrogen and oxygen atoms in total. The summed E-state index contributed by atoms with van der Waals surface area (Å²) in [6.45, 7) is 5.78. The molecule has 1 saturated heterocycles. The number of aryl methyl sites for hydroxylation is 3. The number of ether oxygens (including phenoxy) is 2. The molecule has 184 valence electrons. The lowest BCUT2D eigenvalue weighted by molar-refractivity contribution is -0.118. The van der Waals surface area contributed by atoms with Crippen molar-refractivity contribution in [3.8, 4) is 11.5 Å². The summed E-state index contributed by atoms with van der Waals surface area (Å²) in [5.74, 6) is 0.441. The molecule has 0 aromatic heterocycles. The standard InChI is InChI=1S/C28H26N2O4S2/c1-17-5-8-22(9-6-17)30-27(32)25(36-28(30)35)15-20-7-10-23(24(14-20)33-4)34-16-26(31)29-21-12-18(2)11-19(3)13-21/h5-15H,16H2,1-4H3,(H,29,31)/b25-15-. The molecule has 1 heterocycles. The van der Waals surface area contributed by atoms with Crippen LogP contribution in [0.5, 0.6) is 11.5 Å². The van der Waals surface area contributed by atoms with Crippen LogP contribution in [0, 0.1) is 20.8 Å². The Bertz CT molecular complexity index is 1350. The van der Waals surface area contributed by atoms with E-state index >= 15 is 0 Å². The molecule has 0 aliphatic carbocycles. The number of anilines is 2. The fraction of sp³-hybridized carbons (Fsp3) is 0.179. The lowest BCUT2D eigenvalue weighted by atomic mass is 10.1. The number of benzene rings is 3. The van der Waals surface area contributed by atoms with Crippen LogP contribution in [0.25, 0.3) is 6.08 Å². The highest BCUT2D eigenvalue weighted by Gasteiger charge is 2.33. The maximum Gasteiger partial charge on any atom is 0.270 e.